The molecular weight excluding hydrogens is 304 g/mol. The first-order valence-corrected chi connectivity index (χ1v) is 7.90. The number of carbonyl (C=O) groups excluding carboxylic acids is 2. The molecule has 0 bridgehead atoms. The molecule has 0 aliphatic carbocycles. The second-order valence-electron chi connectivity index (χ2n) is 5.51. The summed E-state index contributed by atoms with van der Waals surface area (Å²) in [5.74, 6) is -0.791. The molecule has 0 aliphatic heterocycles. The standard InChI is InChI=1S/C19H22N2O3/c1-3-7-17(19(23)24-2)21-18(22)16-12-14(20)10-11-15(16)13-8-5-4-6-9-13/h4-6,8-12,17H,3,7,20H2,1-2H3,(H,21,22). The number of nitrogens with one attached hydrogen (secondary N) is 1. The summed E-state index contributed by atoms with van der Waals surface area (Å²) in [5.41, 5.74) is 8.45. The Hall–Kier alpha value is -2.82. The van der Waals surface area contributed by atoms with E-state index < -0.39 is 12.0 Å². The minimum absolute atomic E-state index is 0.343. The van der Waals surface area contributed by atoms with Gasteiger partial charge in [0.05, 0.1) is 7.11 Å². The fraction of sp³-hybridized carbons (Fsp3) is 0.263. The lowest BCUT2D eigenvalue weighted by Crippen LogP contribution is -2.41. The number of rotatable bonds is 6. The summed E-state index contributed by atoms with van der Waals surface area (Å²) >= 11 is 0. The average Bonchev–Trinajstić information content (AvgIpc) is 2.61. The Morgan fingerprint density at radius 3 is 2.50 bits per heavy atom. The number of benzene rings is 2. The molecule has 126 valence electrons. The van der Waals surface area contributed by atoms with E-state index >= 15 is 0 Å². The van der Waals surface area contributed by atoms with Crippen molar-refractivity contribution >= 4 is 17.6 Å². The normalized spacial score (nSPS) is 11.6. The fourth-order valence-electron chi connectivity index (χ4n) is 2.54. The number of carbonyl (C=O) groups is 2. The SMILES string of the molecule is CCCC(NC(=O)c1cc(N)ccc1-c1ccccc1)C(=O)OC. The monoisotopic (exact) mass is 326 g/mol. The van der Waals surface area contributed by atoms with E-state index in [0.717, 1.165) is 17.5 Å². The molecule has 5 heteroatoms. The van der Waals surface area contributed by atoms with Crippen molar-refractivity contribution in [3.05, 3.63) is 54.1 Å². The van der Waals surface area contributed by atoms with Gasteiger partial charge in [0.25, 0.3) is 5.91 Å². The summed E-state index contributed by atoms with van der Waals surface area (Å²) in [5, 5.41) is 2.75. The summed E-state index contributed by atoms with van der Waals surface area (Å²) < 4.78 is 4.76. The van der Waals surface area contributed by atoms with E-state index in [9.17, 15) is 9.59 Å². The Kier molecular flexibility index (Phi) is 5.95. The van der Waals surface area contributed by atoms with Crippen LogP contribution >= 0.6 is 0 Å². The number of nitrogens with two attached hydrogens (primary N) is 1. The van der Waals surface area contributed by atoms with E-state index in [4.69, 9.17) is 10.5 Å². The summed E-state index contributed by atoms with van der Waals surface area (Å²) in [6.07, 6.45) is 1.27. The summed E-state index contributed by atoms with van der Waals surface area (Å²) in [6.45, 7) is 1.94. The van der Waals surface area contributed by atoms with Crippen LogP contribution in [0.5, 0.6) is 0 Å². The highest BCUT2D eigenvalue weighted by molar-refractivity contribution is 6.03. The van der Waals surface area contributed by atoms with Gasteiger partial charge in [-0.05, 0) is 29.7 Å². The van der Waals surface area contributed by atoms with Gasteiger partial charge in [-0.1, -0.05) is 49.7 Å². The largest absolute Gasteiger partial charge is 0.467 e. The van der Waals surface area contributed by atoms with Crippen molar-refractivity contribution in [1.82, 2.24) is 5.32 Å². The van der Waals surface area contributed by atoms with Crippen LogP contribution in [0.2, 0.25) is 0 Å². The highest BCUT2D eigenvalue weighted by atomic mass is 16.5. The van der Waals surface area contributed by atoms with Gasteiger partial charge in [-0.15, -0.1) is 0 Å². The van der Waals surface area contributed by atoms with Crippen LogP contribution in [0, 0.1) is 0 Å². The first-order chi connectivity index (χ1) is 11.6. The second kappa shape index (κ2) is 8.15. The maximum absolute atomic E-state index is 12.7. The molecule has 0 saturated carbocycles. The van der Waals surface area contributed by atoms with Crippen molar-refractivity contribution in [2.45, 2.75) is 25.8 Å². The van der Waals surface area contributed by atoms with E-state index in [-0.39, 0.29) is 5.91 Å². The van der Waals surface area contributed by atoms with E-state index in [1.165, 1.54) is 7.11 Å². The zero-order chi connectivity index (χ0) is 17.5. The Labute approximate surface area is 141 Å². The molecule has 0 fully saturated rings. The Balaban J connectivity index is 2.35. The first-order valence-electron chi connectivity index (χ1n) is 7.90. The predicted octanol–water partition coefficient (Wildman–Crippen LogP) is 3.01. The van der Waals surface area contributed by atoms with Crippen LogP contribution in [0.3, 0.4) is 0 Å². The smallest absolute Gasteiger partial charge is 0.328 e. The third-order valence-corrected chi connectivity index (χ3v) is 3.74. The number of nitrogen functional groups attached to an aromatic ring is 1. The zero-order valence-electron chi connectivity index (χ0n) is 13.9. The fourth-order valence-corrected chi connectivity index (χ4v) is 2.54. The van der Waals surface area contributed by atoms with Crippen LogP contribution in [0.4, 0.5) is 5.69 Å². The van der Waals surface area contributed by atoms with Crippen LogP contribution in [0.25, 0.3) is 11.1 Å². The van der Waals surface area contributed by atoms with Crippen LogP contribution in [-0.2, 0) is 9.53 Å². The molecule has 0 spiro atoms. The summed E-state index contributed by atoms with van der Waals surface area (Å²) in [6, 6.07) is 14.1. The first kappa shape index (κ1) is 17.5. The van der Waals surface area contributed by atoms with E-state index in [1.807, 2.05) is 43.3 Å². The van der Waals surface area contributed by atoms with Crippen molar-refractivity contribution in [3.8, 4) is 11.1 Å². The average molecular weight is 326 g/mol. The molecule has 2 aromatic carbocycles. The van der Waals surface area contributed by atoms with Crippen molar-refractivity contribution in [3.63, 3.8) is 0 Å². The van der Waals surface area contributed by atoms with E-state index in [1.54, 1.807) is 12.1 Å². The van der Waals surface area contributed by atoms with E-state index in [0.29, 0.717) is 17.7 Å². The Morgan fingerprint density at radius 2 is 1.88 bits per heavy atom. The molecule has 2 aromatic rings. The molecule has 3 N–H and O–H groups in total. The van der Waals surface area contributed by atoms with Crippen LogP contribution in [0.1, 0.15) is 30.1 Å². The molecular formula is C19H22N2O3. The second-order valence-corrected chi connectivity index (χ2v) is 5.51. The third-order valence-electron chi connectivity index (χ3n) is 3.74. The molecule has 0 radical (unpaired) electrons. The molecule has 1 atom stereocenters. The number of hydrogen-bond donors (Lipinski definition) is 2. The van der Waals surface area contributed by atoms with Crippen LogP contribution < -0.4 is 11.1 Å². The van der Waals surface area contributed by atoms with E-state index in [2.05, 4.69) is 5.32 Å². The summed E-state index contributed by atoms with van der Waals surface area (Å²) in [7, 11) is 1.31. The number of ether oxygens (including phenoxy) is 1. The Bertz CT molecular complexity index is 714. The maximum atomic E-state index is 12.7. The molecule has 5 nitrogen and oxygen atoms in total. The highest BCUT2D eigenvalue weighted by Crippen LogP contribution is 2.25. The molecule has 1 unspecified atom stereocenters. The third kappa shape index (κ3) is 4.13. The minimum Gasteiger partial charge on any atom is -0.467 e. The topological polar surface area (TPSA) is 81.4 Å². The molecule has 0 saturated heterocycles. The lowest BCUT2D eigenvalue weighted by atomic mass is 9.98. The van der Waals surface area contributed by atoms with Gasteiger partial charge >= 0.3 is 5.97 Å². The molecule has 2 rings (SSSR count). The van der Waals surface area contributed by atoms with Crippen LogP contribution in [0.15, 0.2) is 48.5 Å². The van der Waals surface area contributed by atoms with Gasteiger partial charge in [0.15, 0.2) is 0 Å². The highest BCUT2D eigenvalue weighted by Gasteiger charge is 2.22. The summed E-state index contributed by atoms with van der Waals surface area (Å²) in [4.78, 5) is 24.6. The lowest BCUT2D eigenvalue weighted by molar-refractivity contribution is -0.143. The molecule has 0 aromatic heterocycles. The molecule has 0 heterocycles. The van der Waals surface area contributed by atoms with Gasteiger partial charge in [0.2, 0.25) is 0 Å². The quantitative estimate of drug-likeness (QED) is 0.631. The number of hydrogen-bond acceptors (Lipinski definition) is 4. The van der Waals surface area contributed by atoms with Gasteiger partial charge in [-0.2, -0.15) is 0 Å². The van der Waals surface area contributed by atoms with Crippen molar-refractivity contribution in [1.29, 1.82) is 0 Å². The Morgan fingerprint density at radius 1 is 1.17 bits per heavy atom. The van der Waals surface area contributed by atoms with Crippen LogP contribution in [-0.4, -0.2) is 25.0 Å². The molecule has 0 aliphatic rings. The predicted molar refractivity (Wildman–Crippen MR) is 94.5 cm³/mol. The van der Waals surface area contributed by atoms with Gasteiger partial charge in [0.1, 0.15) is 6.04 Å². The number of methoxy groups -OCH3 is 1. The van der Waals surface area contributed by atoms with Crippen molar-refractivity contribution in [2.75, 3.05) is 12.8 Å². The van der Waals surface area contributed by atoms with Crippen molar-refractivity contribution < 1.29 is 14.3 Å². The minimum atomic E-state index is -0.669. The number of amides is 1. The van der Waals surface area contributed by atoms with Gasteiger partial charge < -0.3 is 15.8 Å². The van der Waals surface area contributed by atoms with Gasteiger partial charge in [-0.3, -0.25) is 4.79 Å². The lowest BCUT2D eigenvalue weighted by Gasteiger charge is -2.17. The number of anilines is 1. The van der Waals surface area contributed by atoms with Crippen molar-refractivity contribution in [2.24, 2.45) is 0 Å². The maximum Gasteiger partial charge on any atom is 0.328 e. The van der Waals surface area contributed by atoms with Gasteiger partial charge in [0, 0.05) is 11.3 Å². The zero-order valence-corrected chi connectivity index (χ0v) is 13.9. The molecule has 24 heavy (non-hydrogen) atoms. The molecule has 1 amide bonds. The number of esters is 1. The van der Waals surface area contributed by atoms with Gasteiger partial charge in [-0.25, -0.2) is 4.79 Å².